The summed E-state index contributed by atoms with van der Waals surface area (Å²) in [5, 5.41) is 0. The van der Waals surface area contributed by atoms with Crippen LogP contribution in [0.3, 0.4) is 0 Å². The van der Waals surface area contributed by atoms with E-state index in [1.165, 1.54) is 10.4 Å². The number of aryl methyl sites for hydroxylation is 1. The lowest BCUT2D eigenvalue weighted by atomic mass is 10.2. The molecular weight excluding hydrogens is 364 g/mol. The van der Waals surface area contributed by atoms with Gasteiger partial charge in [-0.25, -0.2) is 8.42 Å². The van der Waals surface area contributed by atoms with Crippen molar-refractivity contribution >= 4 is 22.4 Å². The smallest absolute Gasteiger partial charge is 0.243 e. The lowest BCUT2D eigenvalue weighted by Gasteiger charge is -2.23. The number of nitrogens with two attached hydrogens (primary N) is 1. The molecule has 0 aliphatic carbocycles. The second-order valence-corrected chi connectivity index (χ2v) is 7.49. The molecule has 0 aromatic heterocycles. The Morgan fingerprint density at radius 1 is 1.12 bits per heavy atom. The molecular formula is C17H21ClN2O4S. The number of fused-ring (bicyclic) bond motifs is 1. The molecule has 2 aromatic carbocycles. The summed E-state index contributed by atoms with van der Waals surface area (Å²) in [4.78, 5) is 0.219. The zero-order valence-electron chi connectivity index (χ0n) is 13.8. The Balaban J connectivity index is 0.00000225. The molecule has 0 unspecified atom stereocenters. The van der Waals surface area contributed by atoms with Gasteiger partial charge < -0.3 is 15.2 Å². The van der Waals surface area contributed by atoms with Crippen molar-refractivity contribution in [2.75, 3.05) is 19.9 Å². The molecule has 0 radical (unpaired) electrons. The van der Waals surface area contributed by atoms with E-state index in [0.29, 0.717) is 17.1 Å². The van der Waals surface area contributed by atoms with E-state index in [-0.39, 0.29) is 43.7 Å². The van der Waals surface area contributed by atoms with Crippen molar-refractivity contribution in [3.05, 3.63) is 53.6 Å². The van der Waals surface area contributed by atoms with Crippen LogP contribution in [0.1, 0.15) is 11.1 Å². The van der Waals surface area contributed by atoms with Crippen LogP contribution in [0.15, 0.2) is 47.4 Å². The van der Waals surface area contributed by atoms with Crippen LogP contribution in [-0.2, 0) is 16.6 Å². The number of nitrogens with zero attached hydrogens (tertiary/aromatic N) is 1. The van der Waals surface area contributed by atoms with E-state index >= 15 is 0 Å². The number of sulfonamides is 1. The Labute approximate surface area is 154 Å². The normalized spacial score (nSPS) is 12.9. The summed E-state index contributed by atoms with van der Waals surface area (Å²) >= 11 is 0. The van der Waals surface area contributed by atoms with E-state index in [1.807, 2.05) is 30.3 Å². The first-order valence-corrected chi connectivity index (χ1v) is 9.11. The van der Waals surface area contributed by atoms with Crippen molar-refractivity contribution in [2.24, 2.45) is 5.73 Å². The Hall–Kier alpha value is -1.80. The molecule has 2 N–H and O–H groups in total. The molecule has 8 heteroatoms. The number of hydrogen-bond acceptors (Lipinski definition) is 5. The van der Waals surface area contributed by atoms with Gasteiger partial charge in [-0.2, -0.15) is 4.31 Å². The number of hydrogen-bond donors (Lipinski definition) is 1. The van der Waals surface area contributed by atoms with Crippen LogP contribution in [0.5, 0.6) is 11.5 Å². The number of ether oxygens (including phenoxy) is 2. The van der Waals surface area contributed by atoms with Crippen LogP contribution in [-0.4, -0.2) is 32.6 Å². The summed E-state index contributed by atoms with van der Waals surface area (Å²) in [6, 6.07) is 12.7. The van der Waals surface area contributed by atoms with Gasteiger partial charge >= 0.3 is 0 Å². The molecule has 1 heterocycles. The second kappa shape index (κ2) is 8.05. The Morgan fingerprint density at radius 2 is 1.76 bits per heavy atom. The van der Waals surface area contributed by atoms with E-state index in [2.05, 4.69) is 0 Å². The molecule has 3 rings (SSSR count). The van der Waals surface area contributed by atoms with Gasteiger partial charge in [-0.15, -0.1) is 12.4 Å². The number of benzene rings is 2. The van der Waals surface area contributed by atoms with E-state index in [4.69, 9.17) is 15.2 Å². The molecule has 2 aromatic rings. The highest BCUT2D eigenvalue weighted by atomic mass is 35.5. The summed E-state index contributed by atoms with van der Waals surface area (Å²) in [6.07, 6.45) is 0. The van der Waals surface area contributed by atoms with Gasteiger partial charge in [0.2, 0.25) is 16.8 Å². The monoisotopic (exact) mass is 384 g/mol. The third-order valence-electron chi connectivity index (χ3n) is 3.87. The predicted molar refractivity (Wildman–Crippen MR) is 97.6 cm³/mol. The minimum atomic E-state index is -3.70. The van der Waals surface area contributed by atoms with Crippen LogP contribution in [0.25, 0.3) is 0 Å². The predicted octanol–water partition coefficient (Wildman–Crippen LogP) is 2.30. The van der Waals surface area contributed by atoms with Gasteiger partial charge in [0.05, 0.1) is 4.90 Å². The molecule has 1 aliphatic heterocycles. The fourth-order valence-electron chi connectivity index (χ4n) is 2.66. The van der Waals surface area contributed by atoms with Gasteiger partial charge in [-0.05, 0) is 24.1 Å². The van der Waals surface area contributed by atoms with Gasteiger partial charge in [0, 0.05) is 25.7 Å². The van der Waals surface area contributed by atoms with Gasteiger partial charge in [0.1, 0.15) is 0 Å². The molecule has 136 valence electrons. The molecule has 25 heavy (non-hydrogen) atoms. The Kier molecular flexibility index (Phi) is 6.29. The topological polar surface area (TPSA) is 81.9 Å². The Bertz CT molecular complexity index is 828. The maximum absolute atomic E-state index is 13.1. The third kappa shape index (κ3) is 4.07. The standard InChI is InChI=1S/C17H20N2O4S.ClH/c1-13-9-15-16(23-12-22-15)10-17(13)24(20,21)19(8-7-18)11-14-5-3-2-4-6-14;/h2-6,9-10H,7-8,11-12,18H2,1H3;1H. The van der Waals surface area contributed by atoms with Gasteiger partial charge in [-0.1, -0.05) is 30.3 Å². The van der Waals surface area contributed by atoms with Crippen molar-refractivity contribution in [2.45, 2.75) is 18.4 Å². The minimum absolute atomic E-state index is 0. The first-order valence-electron chi connectivity index (χ1n) is 7.67. The van der Waals surface area contributed by atoms with Gasteiger partial charge in [-0.3, -0.25) is 0 Å². The molecule has 0 amide bonds. The summed E-state index contributed by atoms with van der Waals surface area (Å²) in [7, 11) is -3.70. The van der Waals surface area contributed by atoms with Crippen LogP contribution < -0.4 is 15.2 Å². The minimum Gasteiger partial charge on any atom is -0.454 e. The van der Waals surface area contributed by atoms with E-state index < -0.39 is 10.0 Å². The lowest BCUT2D eigenvalue weighted by molar-refractivity contribution is 0.174. The zero-order chi connectivity index (χ0) is 17.2. The summed E-state index contributed by atoms with van der Waals surface area (Å²) in [5.41, 5.74) is 7.17. The highest BCUT2D eigenvalue weighted by Gasteiger charge is 2.28. The van der Waals surface area contributed by atoms with Crippen molar-refractivity contribution in [3.63, 3.8) is 0 Å². The highest BCUT2D eigenvalue weighted by Crippen LogP contribution is 2.37. The molecule has 0 saturated carbocycles. The lowest BCUT2D eigenvalue weighted by Crippen LogP contribution is -2.35. The molecule has 0 saturated heterocycles. The maximum Gasteiger partial charge on any atom is 0.243 e. The van der Waals surface area contributed by atoms with Crippen molar-refractivity contribution in [1.29, 1.82) is 0 Å². The molecule has 0 spiro atoms. The van der Waals surface area contributed by atoms with Crippen molar-refractivity contribution in [3.8, 4) is 11.5 Å². The molecule has 0 bridgehead atoms. The third-order valence-corrected chi connectivity index (χ3v) is 5.86. The highest BCUT2D eigenvalue weighted by molar-refractivity contribution is 7.89. The SMILES string of the molecule is Cc1cc2c(cc1S(=O)(=O)N(CCN)Cc1ccccc1)OCO2.Cl. The first kappa shape index (κ1) is 19.5. The van der Waals surface area contributed by atoms with E-state index in [0.717, 1.165) is 5.56 Å². The average Bonchev–Trinajstić information content (AvgIpc) is 3.01. The maximum atomic E-state index is 13.1. The second-order valence-electron chi connectivity index (χ2n) is 5.58. The van der Waals surface area contributed by atoms with Crippen LogP contribution in [0.2, 0.25) is 0 Å². The number of halogens is 1. The summed E-state index contributed by atoms with van der Waals surface area (Å²) in [5.74, 6) is 1.02. The molecule has 0 fully saturated rings. The average molecular weight is 385 g/mol. The first-order chi connectivity index (χ1) is 11.5. The fourth-order valence-corrected chi connectivity index (χ4v) is 4.32. The zero-order valence-corrected chi connectivity index (χ0v) is 15.5. The molecule has 1 aliphatic rings. The van der Waals surface area contributed by atoms with Crippen molar-refractivity contribution in [1.82, 2.24) is 4.31 Å². The van der Waals surface area contributed by atoms with Crippen LogP contribution >= 0.6 is 12.4 Å². The summed E-state index contributed by atoms with van der Waals surface area (Å²) < 4.78 is 38.3. The molecule has 6 nitrogen and oxygen atoms in total. The fraction of sp³-hybridized carbons (Fsp3) is 0.294. The largest absolute Gasteiger partial charge is 0.454 e. The van der Waals surface area contributed by atoms with Crippen LogP contribution in [0, 0.1) is 6.92 Å². The summed E-state index contributed by atoms with van der Waals surface area (Å²) in [6.45, 7) is 2.61. The van der Waals surface area contributed by atoms with Crippen LogP contribution in [0.4, 0.5) is 0 Å². The van der Waals surface area contributed by atoms with E-state index in [9.17, 15) is 8.42 Å². The van der Waals surface area contributed by atoms with E-state index in [1.54, 1.807) is 13.0 Å². The Morgan fingerprint density at radius 3 is 2.40 bits per heavy atom. The van der Waals surface area contributed by atoms with Gasteiger partial charge in [0.25, 0.3) is 0 Å². The van der Waals surface area contributed by atoms with Gasteiger partial charge in [0.15, 0.2) is 11.5 Å². The molecule has 0 atom stereocenters. The number of rotatable bonds is 6. The van der Waals surface area contributed by atoms with Crippen molar-refractivity contribution < 1.29 is 17.9 Å². The quantitative estimate of drug-likeness (QED) is 0.826.